The average molecular weight is 197 g/mol. The minimum Gasteiger partial charge on any atom is -0.472 e. The summed E-state index contributed by atoms with van der Waals surface area (Å²) in [6, 6.07) is 0. The minimum absolute atomic E-state index is 0.0715. The van der Waals surface area contributed by atoms with Crippen LogP contribution in [0.3, 0.4) is 0 Å². The summed E-state index contributed by atoms with van der Waals surface area (Å²) in [4.78, 5) is 23.6. The highest BCUT2D eigenvalue weighted by atomic mass is 16.5. The zero-order valence-electron chi connectivity index (χ0n) is 7.86. The normalized spacial score (nSPS) is 26.9. The van der Waals surface area contributed by atoms with Gasteiger partial charge >= 0.3 is 5.97 Å². The topological polar surface area (TPSA) is 55.8 Å². The van der Waals surface area contributed by atoms with Crippen LogP contribution in [0.15, 0.2) is 11.8 Å². The SMILES string of the molecule is CCOC(=O)/C=C1/CN2C(=O)CC2O1. The first-order chi connectivity index (χ1) is 6.70. The smallest absolute Gasteiger partial charge is 0.334 e. The molecule has 0 spiro atoms. The predicted octanol–water partition coefficient (Wildman–Crippen LogP) is 0.0220. The molecule has 0 aromatic heterocycles. The van der Waals surface area contributed by atoms with Gasteiger partial charge in [0, 0.05) is 0 Å². The number of hydrogen-bond acceptors (Lipinski definition) is 4. The van der Waals surface area contributed by atoms with Gasteiger partial charge in [-0.3, -0.25) is 9.69 Å². The van der Waals surface area contributed by atoms with Crippen molar-refractivity contribution in [2.24, 2.45) is 0 Å². The summed E-state index contributed by atoms with van der Waals surface area (Å²) in [5, 5.41) is 0. The second-order valence-corrected chi connectivity index (χ2v) is 3.16. The van der Waals surface area contributed by atoms with E-state index in [0.717, 1.165) is 0 Å². The molecule has 2 rings (SSSR count). The molecule has 5 heteroatoms. The molecular weight excluding hydrogens is 186 g/mol. The van der Waals surface area contributed by atoms with Crippen LogP contribution in [0.4, 0.5) is 0 Å². The lowest BCUT2D eigenvalue weighted by Gasteiger charge is -2.30. The van der Waals surface area contributed by atoms with Gasteiger partial charge in [-0.15, -0.1) is 0 Å². The highest BCUT2D eigenvalue weighted by Crippen LogP contribution is 2.30. The molecule has 5 nitrogen and oxygen atoms in total. The first-order valence-electron chi connectivity index (χ1n) is 4.54. The Hall–Kier alpha value is -1.52. The number of β-lactam (4-membered cyclic amide) rings is 1. The third kappa shape index (κ3) is 1.45. The largest absolute Gasteiger partial charge is 0.472 e. The highest BCUT2D eigenvalue weighted by molar-refractivity contribution is 5.85. The van der Waals surface area contributed by atoms with Crippen molar-refractivity contribution in [3.05, 3.63) is 11.8 Å². The van der Waals surface area contributed by atoms with Gasteiger partial charge in [-0.1, -0.05) is 0 Å². The highest BCUT2D eigenvalue weighted by Gasteiger charge is 2.43. The number of ether oxygens (including phenoxy) is 2. The minimum atomic E-state index is -0.419. The van der Waals surface area contributed by atoms with Gasteiger partial charge in [0.15, 0.2) is 6.23 Å². The lowest BCUT2D eigenvalue weighted by Crippen LogP contribution is -2.48. The molecule has 76 valence electrons. The summed E-state index contributed by atoms with van der Waals surface area (Å²) >= 11 is 0. The van der Waals surface area contributed by atoms with E-state index in [1.165, 1.54) is 6.08 Å². The van der Waals surface area contributed by atoms with Crippen LogP contribution >= 0.6 is 0 Å². The van der Waals surface area contributed by atoms with Gasteiger partial charge in [-0.2, -0.15) is 0 Å². The van der Waals surface area contributed by atoms with E-state index in [-0.39, 0.29) is 12.1 Å². The summed E-state index contributed by atoms with van der Waals surface area (Å²) in [5.41, 5.74) is 0. The van der Waals surface area contributed by atoms with Crippen molar-refractivity contribution in [1.29, 1.82) is 0 Å². The molecule has 1 atom stereocenters. The van der Waals surface area contributed by atoms with E-state index in [0.29, 0.717) is 25.3 Å². The van der Waals surface area contributed by atoms with Gasteiger partial charge < -0.3 is 9.47 Å². The molecule has 1 unspecified atom stereocenters. The molecule has 0 aromatic carbocycles. The Balaban J connectivity index is 1.95. The molecule has 0 radical (unpaired) electrons. The number of nitrogens with zero attached hydrogens (tertiary/aromatic N) is 1. The molecule has 2 heterocycles. The second kappa shape index (κ2) is 3.32. The third-order valence-corrected chi connectivity index (χ3v) is 2.20. The van der Waals surface area contributed by atoms with E-state index in [4.69, 9.17) is 9.47 Å². The van der Waals surface area contributed by atoms with Gasteiger partial charge in [0.25, 0.3) is 0 Å². The van der Waals surface area contributed by atoms with Crippen molar-refractivity contribution >= 4 is 11.9 Å². The first-order valence-corrected chi connectivity index (χ1v) is 4.54. The maximum absolute atomic E-state index is 11.0. The fraction of sp³-hybridized carbons (Fsp3) is 0.556. The molecular formula is C9H11NO4. The molecule has 0 bridgehead atoms. The van der Waals surface area contributed by atoms with Gasteiger partial charge in [0.1, 0.15) is 5.76 Å². The maximum atomic E-state index is 11.0. The molecule has 2 fully saturated rings. The second-order valence-electron chi connectivity index (χ2n) is 3.16. The van der Waals surface area contributed by atoms with Crippen LogP contribution in [0, 0.1) is 0 Å². The zero-order chi connectivity index (χ0) is 10.1. The van der Waals surface area contributed by atoms with Crippen LogP contribution in [0.1, 0.15) is 13.3 Å². The van der Waals surface area contributed by atoms with Gasteiger partial charge in [-0.25, -0.2) is 4.79 Å². The number of carbonyl (C=O) groups excluding carboxylic acids is 2. The fourth-order valence-electron chi connectivity index (χ4n) is 1.50. The van der Waals surface area contributed by atoms with E-state index >= 15 is 0 Å². The quantitative estimate of drug-likeness (QED) is 0.356. The molecule has 2 aliphatic heterocycles. The molecule has 2 aliphatic rings. The van der Waals surface area contributed by atoms with Crippen molar-refractivity contribution < 1.29 is 19.1 Å². The molecule has 0 aromatic rings. The van der Waals surface area contributed by atoms with Crippen molar-refractivity contribution in [3.63, 3.8) is 0 Å². The lowest BCUT2D eigenvalue weighted by molar-refractivity contribution is -0.154. The number of esters is 1. The van der Waals surface area contributed by atoms with Gasteiger partial charge in [0.2, 0.25) is 5.91 Å². The Morgan fingerprint density at radius 2 is 2.57 bits per heavy atom. The van der Waals surface area contributed by atoms with Crippen LogP contribution in [0.5, 0.6) is 0 Å². The van der Waals surface area contributed by atoms with Gasteiger partial charge in [0.05, 0.1) is 25.6 Å². The van der Waals surface area contributed by atoms with Crippen molar-refractivity contribution in [2.75, 3.05) is 13.2 Å². The zero-order valence-corrected chi connectivity index (χ0v) is 7.86. The Morgan fingerprint density at radius 3 is 3.14 bits per heavy atom. The Labute approximate surface area is 81.3 Å². The molecule has 0 aliphatic carbocycles. The Morgan fingerprint density at radius 1 is 1.79 bits per heavy atom. The number of carbonyl (C=O) groups is 2. The Bertz CT molecular complexity index is 310. The summed E-state index contributed by atoms with van der Waals surface area (Å²) in [7, 11) is 0. The monoisotopic (exact) mass is 197 g/mol. The van der Waals surface area contributed by atoms with E-state index in [1.54, 1.807) is 11.8 Å². The van der Waals surface area contributed by atoms with Crippen LogP contribution < -0.4 is 0 Å². The van der Waals surface area contributed by atoms with E-state index in [9.17, 15) is 9.59 Å². The average Bonchev–Trinajstić information content (AvgIpc) is 2.43. The first kappa shape index (κ1) is 9.05. The molecule has 2 saturated heterocycles. The van der Waals surface area contributed by atoms with Gasteiger partial charge in [-0.05, 0) is 6.92 Å². The Kier molecular flexibility index (Phi) is 2.15. The van der Waals surface area contributed by atoms with Crippen molar-refractivity contribution in [2.45, 2.75) is 19.6 Å². The van der Waals surface area contributed by atoms with E-state index < -0.39 is 5.97 Å². The number of rotatable bonds is 2. The van der Waals surface area contributed by atoms with E-state index in [2.05, 4.69) is 0 Å². The van der Waals surface area contributed by atoms with E-state index in [1.807, 2.05) is 0 Å². The number of hydrogen-bond donors (Lipinski definition) is 0. The summed E-state index contributed by atoms with van der Waals surface area (Å²) in [6.45, 7) is 2.47. The predicted molar refractivity (Wildman–Crippen MR) is 45.9 cm³/mol. The van der Waals surface area contributed by atoms with Crippen LogP contribution in [-0.4, -0.2) is 36.2 Å². The summed E-state index contributed by atoms with van der Waals surface area (Å²) < 4.78 is 10.0. The van der Waals surface area contributed by atoms with Crippen LogP contribution in [0.25, 0.3) is 0 Å². The molecule has 14 heavy (non-hydrogen) atoms. The van der Waals surface area contributed by atoms with Crippen molar-refractivity contribution in [3.8, 4) is 0 Å². The van der Waals surface area contributed by atoms with Crippen LogP contribution in [-0.2, 0) is 19.1 Å². The fourth-order valence-corrected chi connectivity index (χ4v) is 1.50. The standard InChI is InChI=1S/C9H11NO4/c1-2-13-9(12)3-6-5-10-7(11)4-8(10)14-6/h3,8H,2,4-5H2,1H3/b6-3-. The van der Waals surface area contributed by atoms with Crippen molar-refractivity contribution in [1.82, 2.24) is 4.90 Å². The summed E-state index contributed by atoms with van der Waals surface area (Å²) in [6.07, 6.45) is 1.57. The molecule has 0 N–H and O–H groups in total. The third-order valence-electron chi connectivity index (χ3n) is 2.20. The summed E-state index contributed by atoms with van der Waals surface area (Å²) in [5.74, 6) is 0.166. The number of amides is 1. The molecule has 0 saturated carbocycles. The lowest BCUT2D eigenvalue weighted by atomic mass is 10.2. The number of fused-ring (bicyclic) bond motifs is 1. The maximum Gasteiger partial charge on any atom is 0.334 e. The van der Waals surface area contributed by atoms with Crippen LogP contribution in [0.2, 0.25) is 0 Å². The molecule has 1 amide bonds.